The Morgan fingerprint density at radius 1 is 1.38 bits per heavy atom. The molecule has 16 heavy (non-hydrogen) atoms. The van der Waals surface area contributed by atoms with E-state index < -0.39 is 0 Å². The van der Waals surface area contributed by atoms with Crippen LogP contribution in [0.15, 0.2) is 12.1 Å². The Morgan fingerprint density at radius 2 is 2.12 bits per heavy atom. The predicted molar refractivity (Wildman–Crippen MR) is 66.6 cm³/mol. The summed E-state index contributed by atoms with van der Waals surface area (Å²) in [7, 11) is 3.50. The lowest BCUT2D eigenvalue weighted by molar-refractivity contribution is 0.290. The second-order valence-corrected chi connectivity index (χ2v) is 3.91. The van der Waals surface area contributed by atoms with Crippen molar-refractivity contribution < 1.29 is 9.47 Å². The van der Waals surface area contributed by atoms with Crippen molar-refractivity contribution in [3.8, 4) is 11.5 Å². The van der Waals surface area contributed by atoms with Crippen molar-refractivity contribution in [1.29, 1.82) is 0 Å². The first-order valence-corrected chi connectivity index (χ1v) is 5.74. The third-order valence-electron chi connectivity index (χ3n) is 2.13. The first-order valence-electron chi connectivity index (χ1n) is 5.36. The largest absolute Gasteiger partial charge is 0.493 e. The third-order valence-corrected chi connectivity index (χ3v) is 2.35. The Labute approximate surface area is 102 Å². The molecule has 0 amide bonds. The van der Waals surface area contributed by atoms with Gasteiger partial charge in [0.1, 0.15) is 0 Å². The van der Waals surface area contributed by atoms with Gasteiger partial charge in [0.15, 0.2) is 11.5 Å². The van der Waals surface area contributed by atoms with E-state index >= 15 is 0 Å². The second-order valence-electron chi connectivity index (χ2n) is 3.48. The van der Waals surface area contributed by atoms with Crippen LogP contribution in [0.1, 0.15) is 18.9 Å². The predicted octanol–water partition coefficient (Wildman–Crippen LogP) is 2.86. The number of rotatable bonds is 6. The van der Waals surface area contributed by atoms with Gasteiger partial charge in [-0.15, -0.1) is 0 Å². The molecule has 0 heterocycles. The molecule has 0 saturated carbocycles. The molecule has 0 unspecified atom stereocenters. The lowest BCUT2D eigenvalue weighted by atomic mass is 10.2. The fourth-order valence-electron chi connectivity index (χ4n) is 1.46. The number of halogens is 1. The first-order chi connectivity index (χ1) is 7.72. The zero-order chi connectivity index (χ0) is 12.0. The van der Waals surface area contributed by atoms with Crippen molar-refractivity contribution in [3.05, 3.63) is 22.7 Å². The minimum atomic E-state index is 0.658. The van der Waals surface area contributed by atoms with Crippen molar-refractivity contribution >= 4 is 11.6 Å². The van der Waals surface area contributed by atoms with E-state index in [-0.39, 0.29) is 0 Å². The highest BCUT2D eigenvalue weighted by molar-refractivity contribution is 6.30. The summed E-state index contributed by atoms with van der Waals surface area (Å²) in [6, 6.07) is 3.66. The second kappa shape index (κ2) is 6.61. The summed E-state index contributed by atoms with van der Waals surface area (Å²) in [5, 5.41) is 3.74. The Morgan fingerprint density at radius 3 is 2.69 bits per heavy atom. The molecule has 0 aromatic heterocycles. The molecule has 0 bridgehead atoms. The van der Waals surface area contributed by atoms with Gasteiger partial charge in [-0.25, -0.2) is 0 Å². The third kappa shape index (κ3) is 3.29. The highest BCUT2D eigenvalue weighted by Crippen LogP contribution is 2.34. The van der Waals surface area contributed by atoms with Crippen LogP contribution in [0, 0.1) is 0 Å². The first kappa shape index (κ1) is 13.1. The van der Waals surface area contributed by atoms with Crippen molar-refractivity contribution in [2.75, 3.05) is 20.8 Å². The number of ether oxygens (including phenoxy) is 2. The van der Waals surface area contributed by atoms with E-state index in [2.05, 4.69) is 12.2 Å². The standard InChI is InChI=1S/C12H18ClNO2/c1-4-5-16-12-9(8-14-2)6-10(13)7-11(12)15-3/h6-7,14H,4-5,8H2,1-3H3. The normalized spacial score (nSPS) is 10.2. The number of hydrogen-bond donors (Lipinski definition) is 1. The van der Waals surface area contributed by atoms with Crippen LogP contribution in [0.3, 0.4) is 0 Å². The van der Waals surface area contributed by atoms with Gasteiger partial charge in [-0.05, 0) is 19.5 Å². The van der Waals surface area contributed by atoms with E-state index in [0.29, 0.717) is 23.9 Å². The topological polar surface area (TPSA) is 30.5 Å². The van der Waals surface area contributed by atoms with Crippen LogP contribution in [0.25, 0.3) is 0 Å². The molecule has 0 aliphatic heterocycles. The minimum absolute atomic E-state index is 0.658. The zero-order valence-corrected chi connectivity index (χ0v) is 10.7. The summed E-state index contributed by atoms with van der Waals surface area (Å²) in [5.41, 5.74) is 1.01. The lowest BCUT2D eigenvalue weighted by Crippen LogP contribution is -2.09. The van der Waals surface area contributed by atoms with E-state index in [0.717, 1.165) is 17.7 Å². The van der Waals surface area contributed by atoms with E-state index in [1.165, 1.54) is 0 Å². The molecule has 0 aliphatic rings. The average Bonchev–Trinajstić information content (AvgIpc) is 2.27. The van der Waals surface area contributed by atoms with Crippen LogP contribution in [0.5, 0.6) is 11.5 Å². The van der Waals surface area contributed by atoms with Crippen LogP contribution in [-0.2, 0) is 6.54 Å². The van der Waals surface area contributed by atoms with Gasteiger partial charge >= 0.3 is 0 Å². The lowest BCUT2D eigenvalue weighted by Gasteiger charge is -2.15. The number of hydrogen-bond acceptors (Lipinski definition) is 3. The van der Waals surface area contributed by atoms with Crippen molar-refractivity contribution in [2.45, 2.75) is 19.9 Å². The molecular formula is C12H18ClNO2. The van der Waals surface area contributed by atoms with E-state index in [1.807, 2.05) is 13.1 Å². The van der Waals surface area contributed by atoms with Gasteiger partial charge in [0, 0.05) is 23.2 Å². The van der Waals surface area contributed by atoms with Crippen LogP contribution in [-0.4, -0.2) is 20.8 Å². The highest BCUT2D eigenvalue weighted by Gasteiger charge is 2.11. The molecule has 1 rings (SSSR count). The number of methoxy groups -OCH3 is 1. The number of nitrogens with one attached hydrogen (secondary N) is 1. The molecule has 1 N–H and O–H groups in total. The molecule has 4 heteroatoms. The fourth-order valence-corrected chi connectivity index (χ4v) is 1.69. The molecule has 3 nitrogen and oxygen atoms in total. The smallest absolute Gasteiger partial charge is 0.165 e. The van der Waals surface area contributed by atoms with E-state index in [4.69, 9.17) is 21.1 Å². The van der Waals surface area contributed by atoms with Gasteiger partial charge in [0.2, 0.25) is 0 Å². The van der Waals surface area contributed by atoms with Crippen LogP contribution in [0.4, 0.5) is 0 Å². The summed E-state index contributed by atoms with van der Waals surface area (Å²) in [6.07, 6.45) is 0.963. The van der Waals surface area contributed by atoms with Crippen LogP contribution in [0.2, 0.25) is 5.02 Å². The molecule has 0 aliphatic carbocycles. The summed E-state index contributed by atoms with van der Waals surface area (Å²) in [5.74, 6) is 1.47. The van der Waals surface area contributed by atoms with Gasteiger partial charge in [0.25, 0.3) is 0 Å². The molecule has 0 spiro atoms. The SMILES string of the molecule is CCCOc1c(CNC)cc(Cl)cc1OC. The zero-order valence-electron chi connectivity index (χ0n) is 9.97. The van der Waals surface area contributed by atoms with Gasteiger partial charge in [0.05, 0.1) is 13.7 Å². The summed E-state index contributed by atoms with van der Waals surface area (Å²) < 4.78 is 11.0. The number of benzene rings is 1. The maximum absolute atomic E-state index is 6.01. The van der Waals surface area contributed by atoms with Crippen molar-refractivity contribution in [2.24, 2.45) is 0 Å². The summed E-state index contributed by atoms with van der Waals surface area (Å²) in [4.78, 5) is 0. The van der Waals surface area contributed by atoms with Gasteiger partial charge in [-0.3, -0.25) is 0 Å². The molecule has 90 valence electrons. The van der Waals surface area contributed by atoms with E-state index in [1.54, 1.807) is 13.2 Å². The minimum Gasteiger partial charge on any atom is -0.493 e. The molecule has 0 fully saturated rings. The molecule has 0 atom stereocenters. The summed E-state index contributed by atoms with van der Waals surface area (Å²) in [6.45, 7) is 3.45. The van der Waals surface area contributed by atoms with Gasteiger partial charge < -0.3 is 14.8 Å². The van der Waals surface area contributed by atoms with Gasteiger partial charge in [-0.1, -0.05) is 18.5 Å². The Bertz CT molecular complexity index is 342. The Balaban J connectivity index is 3.05. The van der Waals surface area contributed by atoms with Crippen molar-refractivity contribution in [1.82, 2.24) is 5.32 Å². The highest BCUT2D eigenvalue weighted by atomic mass is 35.5. The average molecular weight is 244 g/mol. The summed E-state index contributed by atoms with van der Waals surface area (Å²) >= 11 is 6.01. The molecule has 1 aromatic carbocycles. The monoisotopic (exact) mass is 243 g/mol. The molecule has 1 aromatic rings. The maximum Gasteiger partial charge on any atom is 0.165 e. The van der Waals surface area contributed by atoms with E-state index in [9.17, 15) is 0 Å². The fraction of sp³-hybridized carbons (Fsp3) is 0.500. The molecule has 0 saturated heterocycles. The van der Waals surface area contributed by atoms with Crippen LogP contribution < -0.4 is 14.8 Å². The maximum atomic E-state index is 6.01. The van der Waals surface area contributed by atoms with Crippen LogP contribution >= 0.6 is 11.6 Å². The Kier molecular flexibility index (Phi) is 5.43. The molecule has 0 radical (unpaired) electrons. The van der Waals surface area contributed by atoms with Gasteiger partial charge in [-0.2, -0.15) is 0 Å². The molecular weight excluding hydrogens is 226 g/mol. The Hall–Kier alpha value is -0.930. The van der Waals surface area contributed by atoms with Crippen molar-refractivity contribution in [3.63, 3.8) is 0 Å². The quantitative estimate of drug-likeness (QED) is 0.834.